The summed E-state index contributed by atoms with van der Waals surface area (Å²) in [6.45, 7) is 1.88. The normalized spacial score (nSPS) is 9.36. The van der Waals surface area contributed by atoms with E-state index in [-0.39, 0.29) is 0 Å². The monoisotopic (exact) mass is 153 g/mol. The van der Waals surface area contributed by atoms with Crippen molar-refractivity contribution in [2.75, 3.05) is 19.5 Å². The predicted molar refractivity (Wildman–Crippen MR) is 42.9 cm³/mol. The van der Waals surface area contributed by atoms with E-state index in [4.69, 9.17) is 4.74 Å². The summed E-state index contributed by atoms with van der Waals surface area (Å²) in [6.07, 6.45) is 1.67. The molecule has 60 valence electrons. The van der Waals surface area contributed by atoms with E-state index in [9.17, 15) is 0 Å². The van der Waals surface area contributed by atoms with E-state index in [1.807, 2.05) is 6.92 Å². The Morgan fingerprint density at radius 3 is 2.82 bits per heavy atom. The first-order valence-corrected chi connectivity index (χ1v) is 3.33. The number of hydrogen-bond acceptors (Lipinski definition) is 4. The molecule has 4 heteroatoms. The lowest BCUT2D eigenvalue weighted by Gasteiger charge is -2.04. The highest BCUT2D eigenvalue weighted by atomic mass is 16.5. The van der Waals surface area contributed by atoms with Crippen LogP contribution >= 0.6 is 0 Å². The number of hydrogen-bond donors (Lipinski definition) is 1. The first kappa shape index (κ1) is 7.78. The molecule has 0 saturated heterocycles. The zero-order chi connectivity index (χ0) is 8.27. The van der Waals surface area contributed by atoms with Crippen molar-refractivity contribution in [2.45, 2.75) is 6.92 Å². The van der Waals surface area contributed by atoms with Gasteiger partial charge in [0.1, 0.15) is 0 Å². The van der Waals surface area contributed by atoms with Crippen molar-refractivity contribution in [3.05, 3.63) is 11.9 Å². The topological polar surface area (TPSA) is 47.0 Å². The van der Waals surface area contributed by atoms with Gasteiger partial charge >= 0.3 is 0 Å². The number of anilines is 1. The molecule has 1 rings (SSSR count). The third-order valence-corrected chi connectivity index (χ3v) is 1.29. The molecule has 0 aromatic carbocycles. The Hall–Kier alpha value is -1.32. The molecule has 0 bridgehead atoms. The SMILES string of the molecule is CNc1nc(C)cnc1OC. The van der Waals surface area contributed by atoms with Crippen LogP contribution in [0.4, 0.5) is 5.82 Å². The molecule has 1 aromatic rings. The maximum atomic E-state index is 4.96. The number of aryl methyl sites for hydroxylation is 1. The van der Waals surface area contributed by atoms with Gasteiger partial charge in [0.2, 0.25) is 0 Å². The fraction of sp³-hybridized carbons (Fsp3) is 0.429. The molecule has 1 heterocycles. The maximum Gasteiger partial charge on any atom is 0.257 e. The Bertz CT molecular complexity index is 249. The van der Waals surface area contributed by atoms with Crippen LogP contribution in [0.3, 0.4) is 0 Å². The van der Waals surface area contributed by atoms with Crippen molar-refractivity contribution in [1.82, 2.24) is 9.97 Å². The number of nitrogens with one attached hydrogen (secondary N) is 1. The molecule has 11 heavy (non-hydrogen) atoms. The van der Waals surface area contributed by atoms with Gasteiger partial charge in [-0.1, -0.05) is 0 Å². The van der Waals surface area contributed by atoms with E-state index in [1.54, 1.807) is 20.4 Å². The van der Waals surface area contributed by atoms with Gasteiger partial charge in [-0.25, -0.2) is 9.97 Å². The molecule has 0 aliphatic heterocycles. The van der Waals surface area contributed by atoms with Crippen molar-refractivity contribution < 1.29 is 4.74 Å². The number of aromatic nitrogens is 2. The molecular formula is C7H11N3O. The average Bonchev–Trinajstić information content (AvgIpc) is 2.04. The lowest BCUT2D eigenvalue weighted by Crippen LogP contribution is -1.99. The maximum absolute atomic E-state index is 4.96. The molecule has 0 amide bonds. The standard InChI is InChI=1S/C7H11N3O/c1-5-4-9-7(11-3)6(8-2)10-5/h4H,1-3H3,(H,8,10). The van der Waals surface area contributed by atoms with Gasteiger partial charge in [-0.15, -0.1) is 0 Å². The van der Waals surface area contributed by atoms with Crippen LogP contribution in [0.15, 0.2) is 6.20 Å². The number of methoxy groups -OCH3 is 1. The van der Waals surface area contributed by atoms with Gasteiger partial charge in [-0.3, -0.25) is 0 Å². The van der Waals surface area contributed by atoms with Gasteiger partial charge in [0, 0.05) is 7.05 Å². The Balaban J connectivity index is 3.06. The number of rotatable bonds is 2. The van der Waals surface area contributed by atoms with Crippen molar-refractivity contribution in [3.8, 4) is 5.88 Å². The van der Waals surface area contributed by atoms with Crippen LogP contribution in [0, 0.1) is 6.92 Å². The predicted octanol–water partition coefficient (Wildman–Crippen LogP) is 0.835. The average molecular weight is 153 g/mol. The molecule has 0 fully saturated rings. The van der Waals surface area contributed by atoms with Crippen molar-refractivity contribution in [3.63, 3.8) is 0 Å². The highest BCUT2D eigenvalue weighted by molar-refractivity contribution is 5.44. The summed E-state index contributed by atoms with van der Waals surface area (Å²) in [4.78, 5) is 8.18. The van der Waals surface area contributed by atoms with E-state index < -0.39 is 0 Å². The third-order valence-electron chi connectivity index (χ3n) is 1.29. The van der Waals surface area contributed by atoms with Crippen molar-refractivity contribution in [2.24, 2.45) is 0 Å². The fourth-order valence-electron chi connectivity index (χ4n) is 0.778. The molecule has 1 aromatic heterocycles. The zero-order valence-corrected chi connectivity index (χ0v) is 6.88. The van der Waals surface area contributed by atoms with E-state index >= 15 is 0 Å². The highest BCUT2D eigenvalue weighted by Crippen LogP contribution is 2.16. The summed E-state index contributed by atoms with van der Waals surface area (Å²) >= 11 is 0. The molecular weight excluding hydrogens is 142 g/mol. The van der Waals surface area contributed by atoms with Crippen LogP contribution in [-0.2, 0) is 0 Å². The Kier molecular flexibility index (Phi) is 2.25. The van der Waals surface area contributed by atoms with Crippen LogP contribution in [-0.4, -0.2) is 24.1 Å². The molecule has 1 N–H and O–H groups in total. The van der Waals surface area contributed by atoms with Crippen LogP contribution in [0.1, 0.15) is 5.69 Å². The van der Waals surface area contributed by atoms with Crippen LogP contribution < -0.4 is 10.1 Å². The lowest BCUT2D eigenvalue weighted by atomic mass is 10.5. The summed E-state index contributed by atoms with van der Waals surface area (Å²) in [5, 5.41) is 2.89. The number of nitrogens with zero attached hydrogens (tertiary/aromatic N) is 2. The molecule has 0 radical (unpaired) electrons. The number of ether oxygens (including phenoxy) is 1. The van der Waals surface area contributed by atoms with Crippen LogP contribution in [0.25, 0.3) is 0 Å². The Morgan fingerprint density at radius 1 is 1.55 bits per heavy atom. The molecule has 0 aliphatic rings. The highest BCUT2D eigenvalue weighted by Gasteiger charge is 2.02. The molecule has 0 atom stereocenters. The van der Waals surface area contributed by atoms with Crippen LogP contribution in [0.2, 0.25) is 0 Å². The van der Waals surface area contributed by atoms with Crippen molar-refractivity contribution in [1.29, 1.82) is 0 Å². The second kappa shape index (κ2) is 3.18. The summed E-state index contributed by atoms with van der Waals surface area (Å²) < 4.78 is 4.96. The van der Waals surface area contributed by atoms with Crippen LogP contribution in [0.5, 0.6) is 5.88 Å². The summed E-state index contributed by atoms with van der Waals surface area (Å²) in [7, 11) is 3.35. The summed E-state index contributed by atoms with van der Waals surface area (Å²) in [5.41, 5.74) is 0.871. The van der Waals surface area contributed by atoms with E-state index in [0.29, 0.717) is 11.7 Å². The Morgan fingerprint density at radius 2 is 2.27 bits per heavy atom. The van der Waals surface area contributed by atoms with Gasteiger partial charge in [0.15, 0.2) is 5.82 Å². The first-order chi connectivity index (χ1) is 5.27. The quantitative estimate of drug-likeness (QED) is 0.683. The van der Waals surface area contributed by atoms with Gasteiger partial charge in [-0.2, -0.15) is 0 Å². The summed E-state index contributed by atoms with van der Waals surface area (Å²) in [6, 6.07) is 0. The van der Waals surface area contributed by atoms with Crippen molar-refractivity contribution >= 4 is 5.82 Å². The molecule has 0 aliphatic carbocycles. The molecule has 4 nitrogen and oxygen atoms in total. The minimum atomic E-state index is 0.526. The van der Waals surface area contributed by atoms with Gasteiger partial charge in [-0.05, 0) is 6.92 Å². The second-order valence-corrected chi connectivity index (χ2v) is 2.12. The van der Waals surface area contributed by atoms with Gasteiger partial charge in [0.05, 0.1) is 19.0 Å². The minimum Gasteiger partial charge on any atom is -0.478 e. The smallest absolute Gasteiger partial charge is 0.257 e. The van der Waals surface area contributed by atoms with Gasteiger partial charge in [0.25, 0.3) is 5.88 Å². The zero-order valence-electron chi connectivity index (χ0n) is 6.88. The third kappa shape index (κ3) is 1.58. The van der Waals surface area contributed by atoms with E-state index in [2.05, 4.69) is 15.3 Å². The van der Waals surface area contributed by atoms with E-state index in [0.717, 1.165) is 5.69 Å². The summed E-state index contributed by atoms with van der Waals surface area (Å²) in [5.74, 6) is 1.20. The minimum absolute atomic E-state index is 0.526. The first-order valence-electron chi connectivity index (χ1n) is 3.33. The molecule has 0 unspecified atom stereocenters. The molecule has 0 saturated carbocycles. The second-order valence-electron chi connectivity index (χ2n) is 2.12. The van der Waals surface area contributed by atoms with E-state index in [1.165, 1.54) is 0 Å². The lowest BCUT2D eigenvalue weighted by molar-refractivity contribution is 0.397. The molecule has 0 spiro atoms. The van der Waals surface area contributed by atoms with Gasteiger partial charge < -0.3 is 10.1 Å². The largest absolute Gasteiger partial charge is 0.478 e. The fourth-order valence-corrected chi connectivity index (χ4v) is 0.778. The Labute approximate surface area is 65.6 Å².